The monoisotopic (exact) mass is 329 g/mol. The minimum Gasteiger partial charge on any atom is -0.474 e. The van der Waals surface area contributed by atoms with Gasteiger partial charge in [0.05, 0.1) is 6.54 Å². The first kappa shape index (κ1) is 16.9. The summed E-state index contributed by atoms with van der Waals surface area (Å²) in [6.45, 7) is 10.2. The zero-order valence-electron chi connectivity index (χ0n) is 14.9. The van der Waals surface area contributed by atoms with Gasteiger partial charge < -0.3 is 9.30 Å². The Hall–Kier alpha value is -1.95. The van der Waals surface area contributed by atoms with Crippen LogP contribution in [0.2, 0.25) is 0 Å². The van der Waals surface area contributed by atoms with E-state index in [2.05, 4.69) is 31.6 Å². The fourth-order valence-corrected chi connectivity index (χ4v) is 3.14. The van der Waals surface area contributed by atoms with Crippen LogP contribution < -0.4 is 4.74 Å². The maximum Gasteiger partial charge on any atom is 0.213 e. The van der Waals surface area contributed by atoms with Gasteiger partial charge in [0.25, 0.3) is 0 Å². The highest BCUT2D eigenvalue weighted by atomic mass is 16.5. The van der Waals surface area contributed by atoms with Crippen molar-refractivity contribution in [2.45, 2.75) is 59.2 Å². The molecule has 1 aliphatic rings. The summed E-state index contributed by atoms with van der Waals surface area (Å²) >= 11 is 0. The standard InChI is InChI=1S/C18H27N5O/c1-4-9-23-15(3)20-21-17(23)13-22-10-7-16(8-11-22)24-18-6-5-14(2)12-19-18/h5-6,12,16H,4,7-11,13H2,1-3H3. The molecule has 2 aromatic rings. The highest BCUT2D eigenvalue weighted by molar-refractivity contribution is 5.16. The predicted molar refractivity (Wildman–Crippen MR) is 93.0 cm³/mol. The maximum absolute atomic E-state index is 6.00. The van der Waals surface area contributed by atoms with Crippen molar-refractivity contribution >= 4 is 0 Å². The molecule has 0 amide bonds. The van der Waals surface area contributed by atoms with E-state index in [9.17, 15) is 0 Å². The Morgan fingerprint density at radius 3 is 2.62 bits per heavy atom. The van der Waals surface area contributed by atoms with Crippen LogP contribution in [0, 0.1) is 13.8 Å². The number of ether oxygens (including phenoxy) is 1. The van der Waals surface area contributed by atoms with Crippen LogP contribution in [0.3, 0.4) is 0 Å². The van der Waals surface area contributed by atoms with Crippen molar-refractivity contribution in [3.8, 4) is 5.88 Å². The normalized spacial score (nSPS) is 16.5. The third-order valence-corrected chi connectivity index (χ3v) is 4.53. The molecule has 6 nitrogen and oxygen atoms in total. The number of piperidine rings is 1. The van der Waals surface area contributed by atoms with Gasteiger partial charge in [0.2, 0.25) is 5.88 Å². The van der Waals surface area contributed by atoms with Crippen LogP contribution >= 0.6 is 0 Å². The summed E-state index contributed by atoms with van der Waals surface area (Å²) in [6.07, 6.45) is 5.26. The lowest BCUT2D eigenvalue weighted by atomic mass is 10.1. The van der Waals surface area contributed by atoms with Gasteiger partial charge in [-0.2, -0.15) is 0 Å². The van der Waals surface area contributed by atoms with Crippen LogP contribution in [0.4, 0.5) is 0 Å². The van der Waals surface area contributed by atoms with Crippen molar-refractivity contribution in [2.24, 2.45) is 0 Å². The van der Waals surface area contributed by atoms with Crippen LogP contribution in [0.15, 0.2) is 18.3 Å². The minimum atomic E-state index is 0.256. The van der Waals surface area contributed by atoms with E-state index in [1.165, 1.54) is 0 Å². The summed E-state index contributed by atoms with van der Waals surface area (Å²) in [6, 6.07) is 4.00. The minimum absolute atomic E-state index is 0.256. The Kier molecular flexibility index (Phi) is 5.45. The fraction of sp³-hybridized carbons (Fsp3) is 0.611. The molecule has 1 aliphatic heterocycles. The number of likely N-dealkylation sites (tertiary alicyclic amines) is 1. The first-order chi connectivity index (χ1) is 11.7. The molecule has 1 saturated heterocycles. The van der Waals surface area contributed by atoms with Crippen molar-refractivity contribution < 1.29 is 4.74 Å². The highest BCUT2D eigenvalue weighted by Gasteiger charge is 2.22. The molecule has 0 bridgehead atoms. The lowest BCUT2D eigenvalue weighted by Crippen LogP contribution is -2.38. The Bertz CT molecular complexity index is 644. The largest absolute Gasteiger partial charge is 0.474 e. The molecule has 0 unspecified atom stereocenters. The summed E-state index contributed by atoms with van der Waals surface area (Å²) in [4.78, 5) is 6.78. The molecule has 2 aromatic heterocycles. The zero-order chi connectivity index (χ0) is 16.9. The summed E-state index contributed by atoms with van der Waals surface area (Å²) < 4.78 is 8.24. The molecule has 130 valence electrons. The van der Waals surface area contributed by atoms with E-state index in [4.69, 9.17) is 4.74 Å². The van der Waals surface area contributed by atoms with Gasteiger partial charge in [-0.3, -0.25) is 4.90 Å². The van der Waals surface area contributed by atoms with Crippen molar-refractivity contribution in [1.82, 2.24) is 24.6 Å². The van der Waals surface area contributed by atoms with E-state index < -0.39 is 0 Å². The van der Waals surface area contributed by atoms with Gasteiger partial charge >= 0.3 is 0 Å². The second kappa shape index (κ2) is 7.75. The molecule has 24 heavy (non-hydrogen) atoms. The molecular formula is C18H27N5O. The van der Waals surface area contributed by atoms with Gasteiger partial charge in [-0.25, -0.2) is 4.98 Å². The van der Waals surface area contributed by atoms with Crippen LogP contribution in [0.5, 0.6) is 5.88 Å². The molecule has 1 fully saturated rings. The Balaban J connectivity index is 1.51. The van der Waals surface area contributed by atoms with Gasteiger partial charge in [-0.1, -0.05) is 13.0 Å². The van der Waals surface area contributed by atoms with Gasteiger partial charge in [0.15, 0.2) is 0 Å². The quantitative estimate of drug-likeness (QED) is 0.815. The number of nitrogens with zero attached hydrogens (tertiary/aromatic N) is 5. The van der Waals surface area contributed by atoms with Crippen molar-refractivity contribution in [2.75, 3.05) is 13.1 Å². The summed E-state index contributed by atoms with van der Waals surface area (Å²) in [5, 5.41) is 8.59. The number of aryl methyl sites for hydroxylation is 2. The van der Waals surface area contributed by atoms with E-state index in [1.807, 2.05) is 32.2 Å². The summed E-state index contributed by atoms with van der Waals surface area (Å²) in [7, 11) is 0. The van der Waals surface area contributed by atoms with Crippen molar-refractivity contribution in [1.29, 1.82) is 0 Å². The molecular weight excluding hydrogens is 302 g/mol. The van der Waals surface area contributed by atoms with E-state index in [0.717, 1.165) is 68.5 Å². The number of pyridine rings is 1. The number of aromatic nitrogens is 4. The molecule has 0 N–H and O–H groups in total. The molecule has 0 saturated carbocycles. The lowest BCUT2D eigenvalue weighted by molar-refractivity contribution is 0.0911. The maximum atomic E-state index is 6.00. The molecule has 0 atom stereocenters. The average molecular weight is 329 g/mol. The second-order valence-corrected chi connectivity index (χ2v) is 6.58. The summed E-state index contributed by atoms with van der Waals surface area (Å²) in [5.74, 6) is 2.82. The third kappa shape index (κ3) is 4.12. The van der Waals surface area contributed by atoms with E-state index in [0.29, 0.717) is 0 Å². The van der Waals surface area contributed by atoms with Crippen LogP contribution in [-0.2, 0) is 13.1 Å². The first-order valence-corrected chi connectivity index (χ1v) is 8.86. The number of hydrogen-bond donors (Lipinski definition) is 0. The molecule has 0 aliphatic carbocycles. The molecule has 0 aromatic carbocycles. The van der Waals surface area contributed by atoms with Crippen LogP contribution in [-0.4, -0.2) is 43.8 Å². The van der Waals surface area contributed by atoms with E-state index in [-0.39, 0.29) is 6.10 Å². The van der Waals surface area contributed by atoms with Gasteiger partial charge in [-0.05, 0) is 38.7 Å². The van der Waals surface area contributed by atoms with Gasteiger partial charge in [0.1, 0.15) is 17.8 Å². The van der Waals surface area contributed by atoms with Gasteiger partial charge in [-0.15, -0.1) is 10.2 Å². The molecule has 0 spiro atoms. The molecule has 0 radical (unpaired) electrons. The van der Waals surface area contributed by atoms with Crippen LogP contribution in [0.25, 0.3) is 0 Å². The molecule has 3 heterocycles. The van der Waals surface area contributed by atoms with E-state index in [1.54, 1.807) is 0 Å². The SMILES string of the molecule is CCCn1c(C)nnc1CN1CCC(Oc2ccc(C)cn2)CC1. The molecule has 3 rings (SSSR count). The lowest BCUT2D eigenvalue weighted by Gasteiger charge is -2.31. The topological polar surface area (TPSA) is 56.1 Å². The van der Waals surface area contributed by atoms with Crippen molar-refractivity contribution in [3.05, 3.63) is 35.5 Å². The third-order valence-electron chi connectivity index (χ3n) is 4.53. The highest BCUT2D eigenvalue weighted by Crippen LogP contribution is 2.19. The fourth-order valence-electron chi connectivity index (χ4n) is 3.14. The zero-order valence-corrected chi connectivity index (χ0v) is 14.9. The van der Waals surface area contributed by atoms with Gasteiger partial charge in [0, 0.05) is 31.9 Å². The Morgan fingerprint density at radius 2 is 1.96 bits per heavy atom. The number of hydrogen-bond acceptors (Lipinski definition) is 5. The molecule has 6 heteroatoms. The predicted octanol–water partition coefficient (Wildman–Crippen LogP) is 2.74. The van der Waals surface area contributed by atoms with Crippen LogP contribution in [0.1, 0.15) is 43.4 Å². The summed E-state index contributed by atoms with van der Waals surface area (Å²) in [5.41, 5.74) is 1.16. The second-order valence-electron chi connectivity index (χ2n) is 6.58. The number of rotatable bonds is 6. The Labute approximate surface area is 143 Å². The van der Waals surface area contributed by atoms with E-state index >= 15 is 0 Å². The van der Waals surface area contributed by atoms with Crippen molar-refractivity contribution in [3.63, 3.8) is 0 Å². The Morgan fingerprint density at radius 1 is 1.17 bits per heavy atom. The first-order valence-electron chi connectivity index (χ1n) is 8.86. The average Bonchev–Trinajstić information content (AvgIpc) is 2.92. The smallest absolute Gasteiger partial charge is 0.213 e.